The van der Waals surface area contributed by atoms with Crippen LogP contribution >= 0.6 is 0 Å². The first-order chi connectivity index (χ1) is 12.1. The number of carbonyl (C=O) groups excluding carboxylic acids is 2. The zero-order valence-electron chi connectivity index (χ0n) is 13.7. The Bertz CT molecular complexity index is 807. The number of para-hydroxylation sites is 1. The van der Waals surface area contributed by atoms with Crippen molar-refractivity contribution >= 4 is 17.5 Å². The van der Waals surface area contributed by atoms with Gasteiger partial charge < -0.3 is 15.1 Å². The molecule has 1 aromatic carbocycles. The molecule has 2 amide bonds. The van der Waals surface area contributed by atoms with E-state index in [-0.39, 0.29) is 12.6 Å². The van der Waals surface area contributed by atoms with E-state index >= 15 is 0 Å². The molecule has 0 saturated heterocycles. The van der Waals surface area contributed by atoms with Crippen molar-refractivity contribution in [2.24, 2.45) is 0 Å². The van der Waals surface area contributed by atoms with Gasteiger partial charge in [-0.05, 0) is 36.8 Å². The first-order valence-electron chi connectivity index (χ1n) is 7.82. The number of anilines is 1. The van der Waals surface area contributed by atoms with E-state index in [0.717, 1.165) is 5.56 Å². The topological polar surface area (TPSA) is 89.2 Å². The minimum atomic E-state index is -0.716. The highest BCUT2D eigenvalue weighted by molar-refractivity contribution is 6.39. The molecule has 7 heteroatoms. The fourth-order valence-electron chi connectivity index (χ4n) is 2.43. The monoisotopic (exact) mass is 338 g/mol. The molecule has 0 aliphatic heterocycles. The molecule has 0 aliphatic rings. The number of nitrogens with one attached hydrogen (secondary N) is 2. The van der Waals surface area contributed by atoms with E-state index in [1.165, 1.54) is 0 Å². The van der Waals surface area contributed by atoms with Crippen molar-refractivity contribution in [2.75, 3.05) is 11.9 Å². The quantitative estimate of drug-likeness (QED) is 0.698. The molecule has 0 bridgehead atoms. The van der Waals surface area contributed by atoms with Gasteiger partial charge in [0.25, 0.3) is 0 Å². The normalized spacial score (nSPS) is 11.7. The third kappa shape index (κ3) is 3.95. The van der Waals surface area contributed by atoms with E-state index < -0.39 is 11.8 Å². The van der Waals surface area contributed by atoms with Gasteiger partial charge in [0, 0.05) is 24.6 Å². The van der Waals surface area contributed by atoms with Gasteiger partial charge in [-0.1, -0.05) is 18.2 Å². The zero-order chi connectivity index (χ0) is 17.6. The Kier molecular flexibility index (Phi) is 4.94. The average molecular weight is 338 g/mol. The summed E-state index contributed by atoms with van der Waals surface area (Å²) < 4.78 is 7.08. The Balaban J connectivity index is 1.64. The van der Waals surface area contributed by atoms with Crippen molar-refractivity contribution in [3.63, 3.8) is 0 Å². The van der Waals surface area contributed by atoms with Crippen molar-refractivity contribution in [1.82, 2.24) is 15.1 Å². The summed E-state index contributed by atoms with van der Waals surface area (Å²) in [6, 6.07) is 12.3. The Hall–Kier alpha value is -3.35. The van der Waals surface area contributed by atoms with Gasteiger partial charge >= 0.3 is 11.8 Å². The lowest BCUT2D eigenvalue weighted by Gasteiger charge is -2.16. The first kappa shape index (κ1) is 16.5. The van der Waals surface area contributed by atoms with Gasteiger partial charge in [-0.15, -0.1) is 0 Å². The minimum Gasteiger partial charge on any atom is -0.467 e. The van der Waals surface area contributed by atoms with E-state index in [4.69, 9.17) is 4.42 Å². The van der Waals surface area contributed by atoms with Crippen LogP contribution in [0.3, 0.4) is 0 Å². The van der Waals surface area contributed by atoms with E-state index in [1.54, 1.807) is 53.7 Å². The van der Waals surface area contributed by atoms with Crippen LogP contribution in [0.15, 0.2) is 65.5 Å². The first-order valence-corrected chi connectivity index (χ1v) is 7.82. The molecule has 0 spiro atoms. The lowest BCUT2D eigenvalue weighted by molar-refractivity contribution is -0.136. The molecule has 0 fully saturated rings. The third-order valence-electron chi connectivity index (χ3n) is 3.77. The molecule has 0 aliphatic carbocycles. The maximum Gasteiger partial charge on any atom is 0.313 e. The standard InChI is InChI=1S/C18H18N4O3/c1-13-6-2-3-7-14(13)21-18(24)17(23)19-12-15(16-8-4-11-25-16)22-10-5-9-20-22/h2-11,15H,12H2,1H3,(H,19,23)(H,21,24). The van der Waals surface area contributed by atoms with Crippen molar-refractivity contribution in [3.8, 4) is 0 Å². The van der Waals surface area contributed by atoms with E-state index in [0.29, 0.717) is 11.4 Å². The minimum absolute atomic E-state index is 0.176. The molecular weight excluding hydrogens is 320 g/mol. The number of rotatable bonds is 5. The number of hydrogen-bond donors (Lipinski definition) is 2. The highest BCUT2D eigenvalue weighted by atomic mass is 16.3. The molecule has 3 aromatic rings. The number of furan rings is 1. The van der Waals surface area contributed by atoms with Crippen LogP contribution in [0.25, 0.3) is 0 Å². The number of aromatic nitrogens is 2. The van der Waals surface area contributed by atoms with Crippen molar-refractivity contribution in [2.45, 2.75) is 13.0 Å². The SMILES string of the molecule is Cc1ccccc1NC(=O)C(=O)NCC(c1ccco1)n1cccn1. The molecule has 7 nitrogen and oxygen atoms in total. The van der Waals surface area contributed by atoms with Crippen LogP contribution in [0, 0.1) is 6.92 Å². The van der Waals surface area contributed by atoms with Crippen molar-refractivity contribution < 1.29 is 14.0 Å². The van der Waals surface area contributed by atoms with Gasteiger partial charge in [-0.2, -0.15) is 5.10 Å². The smallest absolute Gasteiger partial charge is 0.313 e. The van der Waals surface area contributed by atoms with Gasteiger partial charge in [0.05, 0.1) is 6.26 Å². The van der Waals surface area contributed by atoms with Crippen LogP contribution in [0.2, 0.25) is 0 Å². The molecule has 0 saturated carbocycles. The summed E-state index contributed by atoms with van der Waals surface area (Å²) in [5.41, 5.74) is 1.49. The van der Waals surface area contributed by atoms with E-state index in [9.17, 15) is 9.59 Å². The Morgan fingerprint density at radius 1 is 1.16 bits per heavy atom. The summed E-state index contributed by atoms with van der Waals surface area (Å²) in [4.78, 5) is 24.2. The van der Waals surface area contributed by atoms with Gasteiger partial charge in [-0.3, -0.25) is 14.3 Å². The maximum atomic E-state index is 12.1. The Morgan fingerprint density at radius 3 is 2.68 bits per heavy atom. The number of nitrogens with zero attached hydrogens (tertiary/aromatic N) is 2. The second-order valence-electron chi connectivity index (χ2n) is 5.50. The number of carbonyl (C=O) groups is 2. The highest BCUT2D eigenvalue weighted by Crippen LogP contribution is 2.17. The molecule has 25 heavy (non-hydrogen) atoms. The summed E-state index contributed by atoms with van der Waals surface area (Å²) in [7, 11) is 0. The maximum absolute atomic E-state index is 12.1. The summed E-state index contributed by atoms with van der Waals surface area (Å²) in [5, 5.41) is 9.41. The Morgan fingerprint density at radius 2 is 2.00 bits per heavy atom. The van der Waals surface area contributed by atoms with Crippen LogP contribution in [0.5, 0.6) is 0 Å². The van der Waals surface area contributed by atoms with Gasteiger partial charge in [0.1, 0.15) is 11.8 Å². The molecular formula is C18H18N4O3. The molecule has 2 heterocycles. The molecule has 3 rings (SSSR count). The predicted molar refractivity (Wildman–Crippen MR) is 91.9 cm³/mol. The Labute approximate surface area is 144 Å². The van der Waals surface area contributed by atoms with Crippen molar-refractivity contribution in [3.05, 3.63) is 72.4 Å². The van der Waals surface area contributed by atoms with Gasteiger partial charge in [0.15, 0.2) is 0 Å². The third-order valence-corrected chi connectivity index (χ3v) is 3.77. The summed E-state index contributed by atoms with van der Waals surface area (Å²) in [5.74, 6) is -0.789. The molecule has 1 atom stereocenters. The molecule has 128 valence electrons. The second-order valence-corrected chi connectivity index (χ2v) is 5.50. The van der Waals surface area contributed by atoms with Crippen molar-refractivity contribution in [1.29, 1.82) is 0 Å². The summed E-state index contributed by atoms with van der Waals surface area (Å²) >= 11 is 0. The molecule has 2 aromatic heterocycles. The second kappa shape index (κ2) is 7.48. The van der Waals surface area contributed by atoms with Crippen LogP contribution in [0.1, 0.15) is 17.4 Å². The summed E-state index contributed by atoms with van der Waals surface area (Å²) in [6.45, 7) is 2.04. The number of hydrogen-bond acceptors (Lipinski definition) is 4. The lowest BCUT2D eigenvalue weighted by atomic mass is 10.2. The van der Waals surface area contributed by atoms with Crippen LogP contribution in [0.4, 0.5) is 5.69 Å². The van der Waals surface area contributed by atoms with Crippen LogP contribution in [-0.4, -0.2) is 28.1 Å². The van der Waals surface area contributed by atoms with E-state index in [1.807, 2.05) is 19.1 Å². The van der Waals surface area contributed by atoms with E-state index in [2.05, 4.69) is 15.7 Å². The highest BCUT2D eigenvalue weighted by Gasteiger charge is 2.21. The largest absolute Gasteiger partial charge is 0.467 e. The number of amides is 2. The molecule has 1 unspecified atom stereocenters. The van der Waals surface area contributed by atoms with Gasteiger partial charge in [-0.25, -0.2) is 0 Å². The van der Waals surface area contributed by atoms with Crippen LogP contribution < -0.4 is 10.6 Å². The molecule has 2 N–H and O–H groups in total. The average Bonchev–Trinajstić information content (AvgIpc) is 3.31. The number of benzene rings is 1. The fraction of sp³-hybridized carbons (Fsp3) is 0.167. The molecule has 0 radical (unpaired) electrons. The predicted octanol–water partition coefficient (Wildman–Crippen LogP) is 2.13. The fourth-order valence-corrected chi connectivity index (χ4v) is 2.43. The summed E-state index contributed by atoms with van der Waals surface area (Å²) in [6.07, 6.45) is 4.97. The number of aryl methyl sites for hydroxylation is 1. The zero-order valence-corrected chi connectivity index (χ0v) is 13.7. The van der Waals surface area contributed by atoms with Gasteiger partial charge in [0.2, 0.25) is 0 Å². The van der Waals surface area contributed by atoms with Crippen LogP contribution in [-0.2, 0) is 9.59 Å². The lowest BCUT2D eigenvalue weighted by Crippen LogP contribution is -2.39.